The number of rotatable bonds is 1. The Morgan fingerprint density at radius 2 is 2.10 bits per heavy atom. The monoisotopic (exact) mass is 136 g/mol. The Morgan fingerprint density at radius 3 is 2.60 bits per heavy atom. The lowest BCUT2D eigenvalue weighted by molar-refractivity contribution is 0.298. The fourth-order valence-electron chi connectivity index (χ4n) is 2.55. The Kier molecular flexibility index (Phi) is 0.883. The highest BCUT2D eigenvalue weighted by Crippen LogP contribution is 2.47. The molecule has 0 amide bonds. The number of allylic oxidation sites excluding steroid dienone is 2. The van der Waals surface area contributed by atoms with Gasteiger partial charge in [0.1, 0.15) is 0 Å². The van der Waals surface area contributed by atoms with Gasteiger partial charge in [0, 0.05) is 0 Å². The number of epoxide rings is 1. The molecule has 2 bridgehead atoms. The van der Waals surface area contributed by atoms with Crippen LogP contribution in [0.15, 0.2) is 12.2 Å². The van der Waals surface area contributed by atoms with Crippen molar-refractivity contribution < 1.29 is 4.74 Å². The molecule has 0 aromatic carbocycles. The Morgan fingerprint density at radius 1 is 1.20 bits per heavy atom. The van der Waals surface area contributed by atoms with Gasteiger partial charge in [0.2, 0.25) is 0 Å². The van der Waals surface area contributed by atoms with Crippen molar-refractivity contribution in [3.8, 4) is 0 Å². The average molecular weight is 136 g/mol. The third-order valence-electron chi connectivity index (χ3n) is 3.17. The molecule has 0 aromatic rings. The van der Waals surface area contributed by atoms with Crippen LogP contribution >= 0.6 is 0 Å². The molecule has 0 N–H and O–H groups in total. The molecule has 2 aliphatic carbocycles. The Labute approximate surface area is 61.1 Å². The van der Waals surface area contributed by atoms with Crippen molar-refractivity contribution >= 4 is 0 Å². The summed E-state index contributed by atoms with van der Waals surface area (Å²) in [6, 6.07) is 0. The number of ether oxygens (including phenoxy) is 1. The van der Waals surface area contributed by atoms with E-state index in [1.807, 2.05) is 0 Å². The van der Waals surface area contributed by atoms with Crippen LogP contribution in [0.4, 0.5) is 0 Å². The molecule has 1 heterocycles. The van der Waals surface area contributed by atoms with E-state index < -0.39 is 0 Å². The van der Waals surface area contributed by atoms with E-state index in [-0.39, 0.29) is 0 Å². The smallest absolute Gasteiger partial charge is 0.0843 e. The van der Waals surface area contributed by atoms with E-state index in [1.165, 1.54) is 12.8 Å². The highest BCUT2D eigenvalue weighted by molar-refractivity contribution is 5.12. The van der Waals surface area contributed by atoms with Crippen molar-refractivity contribution in [2.24, 2.45) is 17.8 Å². The maximum absolute atomic E-state index is 5.31. The van der Waals surface area contributed by atoms with Crippen LogP contribution in [-0.2, 0) is 4.74 Å². The highest BCUT2D eigenvalue weighted by Gasteiger charge is 2.44. The minimum Gasteiger partial charge on any atom is -0.373 e. The average Bonchev–Trinajstić information content (AvgIpc) is 2.60. The van der Waals surface area contributed by atoms with E-state index in [4.69, 9.17) is 4.74 Å². The van der Waals surface area contributed by atoms with Crippen molar-refractivity contribution in [3.05, 3.63) is 12.2 Å². The first-order valence-corrected chi connectivity index (χ1v) is 4.23. The van der Waals surface area contributed by atoms with Gasteiger partial charge in [-0.15, -0.1) is 0 Å². The third kappa shape index (κ3) is 0.615. The van der Waals surface area contributed by atoms with Crippen LogP contribution in [0.5, 0.6) is 0 Å². The molecule has 2 fully saturated rings. The van der Waals surface area contributed by atoms with E-state index in [1.54, 1.807) is 0 Å². The Hall–Kier alpha value is -0.300. The molecule has 1 saturated heterocycles. The summed E-state index contributed by atoms with van der Waals surface area (Å²) < 4.78 is 5.31. The molecule has 1 heteroatoms. The van der Waals surface area contributed by atoms with Gasteiger partial charge in [-0.3, -0.25) is 0 Å². The lowest BCUT2D eigenvalue weighted by Crippen LogP contribution is -2.13. The van der Waals surface area contributed by atoms with Crippen LogP contribution in [0.1, 0.15) is 12.8 Å². The first kappa shape index (κ1) is 5.36. The Balaban J connectivity index is 1.83. The first-order valence-electron chi connectivity index (χ1n) is 4.23. The van der Waals surface area contributed by atoms with Crippen LogP contribution in [0.25, 0.3) is 0 Å². The molecular weight excluding hydrogens is 124 g/mol. The summed E-state index contributed by atoms with van der Waals surface area (Å²) >= 11 is 0. The number of hydrogen-bond donors (Lipinski definition) is 0. The molecule has 3 rings (SSSR count). The third-order valence-corrected chi connectivity index (χ3v) is 3.17. The van der Waals surface area contributed by atoms with Crippen LogP contribution in [0.3, 0.4) is 0 Å². The Bertz CT molecular complexity index is 181. The van der Waals surface area contributed by atoms with Gasteiger partial charge in [-0.2, -0.15) is 0 Å². The molecule has 10 heavy (non-hydrogen) atoms. The van der Waals surface area contributed by atoms with E-state index in [0.717, 1.165) is 24.4 Å². The summed E-state index contributed by atoms with van der Waals surface area (Å²) in [6.45, 7) is 1.04. The topological polar surface area (TPSA) is 12.5 Å². The standard InChI is InChI=1S/C9H12O/c1-2-7-3-6(1)4-8(7)9-5-10-9/h1-2,6-9H,3-5H2/t6-,7+,8-,9-/m0/s1. The maximum atomic E-state index is 5.31. The zero-order valence-electron chi connectivity index (χ0n) is 5.99. The predicted octanol–water partition coefficient (Wildman–Crippen LogP) is 1.60. The summed E-state index contributed by atoms with van der Waals surface area (Å²) in [5.74, 6) is 2.70. The molecule has 0 aromatic heterocycles. The lowest BCUT2D eigenvalue weighted by Gasteiger charge is -2.14. The SMILES string of the molecule is C1=C[C@@H]2C[C@H]1C[C@@H]2[C@@H]1CO1. The quantitative estimate of drug-likeness (QED) is 0.394. The zero-order valence-corrected chi connectivity index (χ0v) is 5.99. The molecule has 1 nitrogen and oxygen atoms in total. The molecule has 54 valence electrons. The summed E-state index contributed by atoms with van der Waals surface area (Å²) in [6.07, 6.45) is 8.28. The van der Waals surface area contributed by atoms with Crippen molar-refractivity contribution in [1.82, 2.24) is 0 Å². The van der Waals surface area contributed by atoms with Crippen molar-refractivity contribution in [2.45, 2.75) is 18.9 Å². The second-order valence-electron chi connectivity index (χ2n) is 3.82. The minimum absolute atomic E-state index is 0.653. The summed E-state index contributed by atoms with van der Waals surface area (Å²) in [4.78, 5) is 0. The summed E-state index contributed by atoms with van der Waals surface area (Å²) in [7, 11) is 0. The maximum Gasteiger partial charge on any atom is 0.0843 e. The van der Waals surface area contributed by atoms with Crippen LogP contribution in [0, 0.1) is 17.8 Å². The van der Waals surface area contributed by atoms with Crippen LogP contribution in [-0.4, -0.2) is 12.7 Å². The van der Waals surface area contributed by atoms with E-state index in [9.17, 15) is 0 Å². The summed E-state index contributed by atoms with van der Waals surface area (Å²) in [5.41, 5.74) is 0. The molecule has 1 aliphatic heterocycles. The van der Waals surface area contributed by atoms with Gasteiger partial charge < -0.3 is 4.74 Å². The highest BCUT2D eigenvalue weighted by atomic mass is 16.6. The van der Waals surface area contributed by atoms with Gasteiger partial charge in [0.25, 0.3) is 0 Å². The fourth-order valence-corrected chi connectivity index (χ4v) is 2.55. The number of hydrogen-bond acceptors (Lipinski definition) is 1. The van der Waals surface area contributed by atoms with Crippen LogP contribution in [0.2, 0.25) is 0 Å². The van der Waals surface area contributed by atoms with Gasteiger partial charge in [0.05, 0.1) is 12.7 Å². The molecule has 0 radical (unpaired) electrons. The van der Waals surface area contributed by atoms with Gasteiger partial charge >= 0.3 is 0 Å². The predicted molar refractivity (Wildman–Crippen MR) is 38.6 cm³/mol. The van der Waals surface area contributed by atoms with E-state index >= 15 is 0 Å². The van der Waals surface area contributed by atoms with Crippen molar-refractivity contribution in [1.29, 1.82) is 0 Å². The van der Waals surface area contributed by atoms with Gasteiger partial charge in [-0.05, 0) is 30.6 Å². The largest absolute Gasteiger partial charge is 0.373 e. The van der Waals surface area contributed by atoms with Crippen molar-refractivity contribution in [2.75, 3.05) is 6.61 Å². The lowest BCUT2D eigenvalue weighted by atomic mass is 9.91. The minimum atomic E-state index is 0.653. The normalized spacial score (nSPS) is 56.0. The summed E-state index contributed by atoms with van der Waals surface area (Å²) in [5, 5.41) is 0. The molecule has 0 unspecified atom stereocenters. The second kappa shape index (κ2) is 1.65. The van der Waals surface area contributed by atoms with E-state index in [2.05, 4.69) is 12.2 Å². The van der Waals surface area contributed by atoms with Gasteiger partial charge in [-0.25, -0.2) is 0 Å². The first-order chi connectivity index (χ1) is 4.93. The number of fused-ring (bicyclic) bond motifs is 2. The second-order valence-corrected chi connectivity index (χ2v) is 3.82. The van der Waals surface area contributed by atoms with Gasteiger partial charge in [-0.1, -0.05) is 12.2 Å². The van der Waals surface area contributed by atoms with E-state index in [0.29, 0.717) is 6.10 Å². The zero-order chi connectivity index (χ0) is 6.55. The van der Waals surface area contributed by atoms with Crippen LogP contribution < -0.4 is 0 Å². The fraction of sp³-hybridized carbons (Fsp3) is 0.778. The van der Waals surface area contributed by atoms with Crippen molar-refractivity contribution in [3.63, 3.8) is 0 Å². The molecule has 0 spiro atoms. The molecule has 4 atom stereocenters. The van der Waals surface area contributed by atoms with Gasteiger partial charge in [0.15, 0.2) is 0 Å². The molecule has 1 saturated carbocycles. The molecule has 3 aliphatic rings. The molecular formula is C9H12O.